The van der Waals surface area contributed by atoms with Crippen molar-refractivity contribution in [2.75, 3.05) is 12.4 Å². The fourth-order valence-corrected chi connectivity index (χ4v) is 5.61. The van der Waals surface area contributed by atoms with E-state index in [0.717, 1.165) is 18.9 Å². The first kappa shape index (κ1) is 24.3. The molecule has 0 bridgehead atoms. The molecule has 0 amide bonds. The number of aliphatic imine (C=N–C) groups is 1. The second-order valence-corrected chi connectivity index (χ2v) is 12.2. The molecule has 0 spiro atoms. The Labute approximate surface area is 198 Å². The average molecular weight is 491 g/mol. The Bertz CT molecular complexity index is 1260. The predicted molar refractivity (Wildman–Crippen MR) is 127 cm³/mol. The first-order valence-corrected chi connectivity index (χ1v) is 12.8. The highest BCUT2D eigenvalue weighted by Crippen LogP contribution is 2.38. The van der Waals surface area contributed by atoms with E-state index in [1.807, 2.05) is 0 Å². The van der Waals surface area contributed by atoms with Crippen LogP contribution in [0.4, 0.5) is 8.78 Å². The van der Waals surface area contributed by atoms with Crippen molar-refractivity contribution in [2.45, 2.75) is 50.3 Å². The molecule has 0 unspecified atom stereocenters. The molecule has 1 saturated carbocycles. The number of sulfone groups is 1. The lowest BCUT2D eigenvalue weighted by Gasteiger charge is -2.38. The molecule has 4 rings (SSSR count). The monoisotopic (exact) mass is 490 g/mol. The van der Waals surface area contributed by atoms with Crippen LogP contribution >= 0.6 is 0 Å². The number of rotatable bonds is 6. The first-order valence-electron chi connectivity index (χ1n) is 11.1. The van der Waals surface area contributed by atoms with Crippen molar-refractivity contribution in [3.05, 3.63) is 53.2 Å². The normalized spacial score (nSPS) is 24.3. The zero-order valence-corrected chi connectivity index (χ0v) is 20.2. The minimum absolute atomic E-state index is 0.00246. The molecular weight excluding hydrogens is 462 g/mol. The Morgan fingerprint density at radius 2 is 1.97 bits per heavy atom. The molecular formula is C24H28F2N4O3S. The van der Waals surface area contributed by atoms with Gasteiger partial charge in [-0.15, -0.1) is 0 Å². The number of halogens is 2. The molecule has 0 saturated heterocycles. The van der Waals surface area contributed by atoms with Gasteiger partial charge in [0.25, 0.3) is 0 Å². The highest BCUT2D eigenvalue weighted by atomic mass is 32.2. The third-order valence-corrected chi connectivity index (χ3v) is 9.37. The summed E-state index contributed by atoms with van der Waals surface area (Å²) in [5, 5.41) is 0. The third kappa shape index (κ3) is 4.55. The standard InChI is InChI=1S/C24H28F2N4O3S/c1-23(2)22(27)30-24(3,14-34(23,31)32)17-9-16(7-8-18(17)25)10-19(26)20-11-29-21(12-28-20)33-13-15-5-4-6-15/h7-12,15H,4-6,13-14H2,1-3H3,(H2,27,30)/b19-10-/t24-/m0/s1. The second kappa shape index (κ2) is 8.72. The summed E-state index contributed by atoms with van der Waals surface area (Å²) in [4.78, 5) is 12.5. The number of nitrogens with two attached hydrogens (primary N) is 1. The molecule has 2 heterocycles. The molecule has 182 valence electrons. The Balaban J connectivity index is 1.59. The van der Waals surface area contributed by atoms with Crippen LogP contribution in [0.1, 0.15) is 56.9 Å². The van der Waals surface area contributed by atoms with Crippen LogP contribution in [0.25, 0.3) is 11.9 Å². The van der Waals surface area contributed by atoms with Gasteiger partial charge >= 0.3 is 0 Å². The van der Waals surface area contributed by atoms with Gasteiger partial charge in [-0.25, -0.2) is 27.2 Å². The van der Waals surface area contributed by atoms with Crippen LogP contribution in [-0.2, 0) is 15.4 Å². The lowest BCUT2D eigenvalue weighted by atomic mass is 9.86. The van der Waals surface area contributed by atoms with Crippen molar-refractivity contribution in [1.82, 2.24) is 9.97 Å². The Morgan fingerprint density at radius 1 is 1.24 bits per heavy atom. The molecule has 10 heteroatoms. The highest BCUT2D eigenvalue weighted by Gasteiger charge is 2.49. The summed E-state index contributed by atoms with van der Waals surface area (Å²) in [5.74, 6) is -0.980. The van der Waals surface area contributed by atoms with Crippen LogP contribution in [0.15, 0.2) is 35.6 Å². The Morgan fingerprint density at radius 3 is 2.56 bits per heavy atom. The van der Waals surface area contributed by atoms with Crippen LogP contribution in [0.3, 0.4) is 0 Å². The molecule has 1 aromatic carbocycles. The van der Waals surface area contributed by atoms with E-state index in [9.17, 15) is 17.2 Å². The van der Waals surface area contributed by atoms with Gasteiger partial charge in [0.1, 0.15) is 27.6 Å². The zero-order valence-electron chi connectivity index (χ0n) is 19.4. The number of hydrogen-bond donors (Lipinski definition) is 1. The van der Waals surface area contributed by atoms with Crippen molar-refractivity contribution in [3.8, 4) is 5.88 Å². The van der Waals surface area contributed by atoms with E-state index >= 15 is 0 Å². The molecule has 1 fully saturated rings. The van der Waals surface area contributed by atoms with Crippen LogP contribution in [0, 0.1) is 11.7 Å². The quantitative estimate of drug-likeness (QED) is 0.655. The number of amidine groups is 1. The van der Waals surface area contributed by atoms with E-state index in [0.29, 0.717) is 24.0 Å². The Kier molecular flexibility index (Phi) is 6.22. The summed E-state index contributed by atoms with van der Waals surface area (Å²) in [6.45, 7) is 5.01. The molecule has 2 N–H and O–H groups in total. The molecule has 1 atom stereocenters. The van der Waals surface area contributed by atoms with E-state index < -0.39 is 37.5 Å². The third-order valence-electron chi connectivity index (χ3n) is 6.66. The summed E-state index contributed by atoms with van der Waals surface area (Å²) >= 11 is 0. The fourth-order valence-electron chi connectivity index (χ4n) is 3.92. The van der Waals surface area contributed by atoms with Crippen LogP contribution in [0.5, 0.6) is 5.88 Å². The average Bonchev–Trinajstić information content (AvgIpc) is 2.73. The molecule has 34 heavy (non-hydrogen) atoms. The van der Waals surface area contributed by atoms with Gasteiger partial charge in [-0.05, 0) is 63.3 Å². The largest absolute Gasteiger partial charge is 0.476 e. The van der Waals surface area contributed by atoms with Gasteiger partial charge in [0.2, 0.25) is 5.88 Å². The van der Waals surface area contributed by atoms with Crippen molar-refractivity contribution in [3.63, 3.8) is 0 Å². The maximum absolute atomic E-state index is 14.9. The molecule has 1 aliphatic carbocycles. The van der Waals surface area contributed by atoms with Gasteiger partial charge in [0.15, 0.2) is 15.7 Å². The lowest BCUT2D eigenvalue weighted by molar-refractivity contribution is 0.175. The molecule has 2 aromatic rings. The molecule has 2 aliphatic rings. The van der Waals surface area contributed by atoms with Gasteiger partial charge in [-0.2, -0.15) is 0 Å². The number of hydrogen-bond acceptors (Lipinski definition) is 7. The topological polar surface area (TPSA) is 108 Å². The maximum Gasteiger partial charge on any atom is 0.232 e. The minimum atomic E-state index is -3.72. The van der Waals surface area contributed by atoms with Crippen LogP contribution in [-0.4, -0.2) is 41.3 Å². The van der Waals surface area contributed by atoms with Crippen molar-refractivity contribution >= 4 is 27.6 Å². The molecule has 1 aliphatic heterocycles. The van der Waals surface area contributed by atoms with Gasteiger partial charge < -0.3 is 10.5 Å². The lowest BCUT2D eigenvalue weighted by Crippen LogP contribution is -2.55. The summed E-state index contributed by atoms with van der Waals surface area (Å²) in [6.07, 6.45) is 7.32. The van der Waals surface area contributed by atoms with Crippen molar-refractivity contribution in [1.29, 1.82) is 0 Å². The van der Waals surface area contributed by atoms with Crippen LogP contribution in [0.2, 0.25) is 0 Å². The smallest absolute Gasteiger partial charge is 0.232 e. The van der Waals surface area contributed by atoms with Crippen molar-refractivity contribution < 1.29 is 21.9 Å². The minimum Gasteiger partial charge on any atom is -0.476 e. The summed E-state index contributed by atoms with van der Waals surface area (Å²) in [5.41, 5.74) is 4.85. The fraction of sp³-hybridized carbons (Fsp3) is 0.458. The number of aromatic nitrogens is 2. The summed E-state index contributed by atoms with van der Waals surface area (Å²) in [7, 11) is -3.72. The van der Waals surface area contributed by atoms with E-state index in [-0.39, 0.29) is 17.1 Å². The van der Waals surface area contributed by atoms with Gasteiger partial charge in [0, 0.05) is 5.56 Å². The number of benzene rings is 1. The number of ether oxygens (including phenoxy) is 1. The highest BCUT2D eigenvalue weighted by molar-refractivity contribution is 7.93. The molecule has 7 nitrogen and oxygen atoms in total. The van der Waals surface area contributed by atoms with E-state index in [2.05, 4.69) is 15.0 Å². The summed E-state index contributed by atoms with van der Waals surface area (Å²) in [6, 6.07) is 3.92. The van der Waals surface area contributed by atoms with Crippen molar-refractivity contribution in [2.24, 2.45) is 16.6 Å². The second-order valence-electron chi connectivity index (χ2n) is 9.62. The first-order chi connectivity index (χ1) is 15.9. The van der Waals surface area contributed by atoms with E-state index in [1.165, 1.54) is 57.8 Å². The Hall–Kier alpha value is -2.88. The number of nitrogens with zero attached hydrogens (tertiary/aromatic N) is 3. The molecule has 1 aromatic heterocycles. The molecule has 0 radical (unpaired) electrons. The maximum atomic E-state index is 14.9. The van der Waals surface area contributed by atoms with Gasteiger partial charge in [-0.1, -0.05) is 12.5 Å². The summed E-state index contributed by atoms with van der Waals surface area (Å²) < 4.78 is 59.5. The predicted octanol–water partition coefficient (Wildman–Crippen LogP) is 4.04. The van der Waals surface area contributed by atoms with E-state index in [4.69, 9.17) is 10.5 Å². The zero-order chi connectivity index (χ0) is 24.7. The van der Waals surface area contributed by atoms with Crippen LogP contribution < -0.4 is 10.5 Å². The SMILES string of the molecule is CC1(C)C(N)=N[C@](C)(c2cc(/C=C(\F)c3cnc(OCC4CCC4)cn3)ccc2F)CS1(=O)=O. The van der Waals surface area contributed by atoms with Gasteiger partial charge in [-0.3, -0.25) is 4.99 Å². The van der Waals surface area contributed by atoms with Gasteiger partial charge in [0.05, 0.1) is 24.8 Å². The van der Waals surface area contributed by atoms with E-state index in [1.54, 1.807) is 0 Å².